The number of nitrogens with one attached hydrogen (secondary N) is 1. The standard InChI is InChI=1S/C13H18BrNO/c1-9(16)8-15-13(10-2-3-10)11-4-6-12(14)7-5-11/h4-7,9-10,13,15-16H,2-3,8H2,1H3/t9-,13?/m0/s1. The predicted octanol–water partition coefficient (Wildman–Crippen LogP) is 2.87. The van der Waals surface area contributed by atoms with E-state index in [1.54, 1.807) is 0 Å². The molecular weight excluding hydrogens is 266 g/mol. The molecule has 0 aromatic heterocycles. The first-order valence-corrected chi connectivity index (χ1v) is 6.63. The maximum atomic E-state index is 9.32. The van der Waals surface area contributed by atoms with Gasteiger partial charge in [-0.25, -0.2) is 0 Å². The fourth-order valence-corrected chi connectivity index (χ4v) is 2.22. The Kier molecular flexibility index (Phi) is 4.00. The summed E-state index contributed by atoms with van der Waals surface area (Å²) in [6.07, 6.45) is 2.32. The number of benzene rings is 1. The van der Waals surface area contributed by atoms with Crippen molar-refractivity contribution in [2.45, 2.75) is 31.9 Å². The number of hydrogen-bond acceptors (Lipinski definition) is 2. The Morgan fingerprint density at radius 3 is 2.50 bits per heavy atom. The molecule has 2 N–H and O–H groups in total. The number of halogens is 1. The first kappa shape index (κ1) is 12.1. The third-order valence-corrected chi connectivity index (χ3v) is 3.48. The van der Waals surface area contributed by atoms with Crippen LogP contribution in [0.2, 0.25) is 0 Å². The molecule has 1 aliphatic carbocycles. The van der Waals surface area contributed by atoms with Gasteiger partial charge in [0.2, 0.25) is 0 Å². The molecule has 0 aliphatic heterocycles. The summed E-state index contributed by atoms with van der Waals surface area (Å²) < 4.78 is 1.11. The summed E-state index contributed by atoms with van der Waals surface area (Å²) >= 11 is 3.45. The molecule has 16 heavy (non-hydrogen) atoms. The van der Waals surface area contributed by atoms with Gasteiger partial charge in [0.25, 0.3) is 0 Å². The average molecular weight is 284 g/mol. The fourth-order valence-electron chi connectivity index (χ4n) is 1.95. The molecular formula is C13H18BrNO. The summed E-state index contributed by atoms with van der Waals surface area (Å²) in [5, 5.41) is 12.8. The summed E-state index contributed by atoms with van der Waals surface area (Å²) in [6.45, 7) is 2.48. The lowest BCUT2D eigenvalue weighted by molar-refractivity contribution is 0.184. The largest absolute Gasteiger partial charge is 0.392 e. The SMILES string of the molecule is C[C@H](O)CNC(c1ccc(Br)cc1)C1CC1. The smallest absolute Gasteiger partial charge is 0.0636 e. The van der Waals surface area contributed by atoms with E-state index in [-0.39, 0.29) is 6.10 Å². The van der Waals surface area contributed by atoms with E-state index in [4.69, 9.17) is 0 Å². The van der Waals surface area contributed by atoms with Crippen LogP contribution >= 0.6 is 15.9 Å². The minimum Gasteiger partial charge on any atom is -0.392 e. The second kappa shape index (κ2) is 5.30. The van der Waals surface area contributed by atoms with Crippen LogP contribution in [0.5, 0.6) is 0 Å². The highest BCUT2D eigenvalue weighted by Gasteiger charge is 2.31. The van der Waals surface area contributed by atoms with Gasteiger partial charge >= 0.3 is 0 Å². The fraction of sp³-hybridized carbons (Fsp3) is 0.538. The first-order chi connectivity index (χ1) is 7.66. The lowest BCUT2D eigenvalue weighted by Crippen LogP contribution is -2.29. The van der Waals surface area contributed by atoms with Gasteiger partial charge in [0.05, 0.1) is 6.10 Å². The van der Waals surface area contributed by atoms with Crippen molar-refractivity contribution in [3.8, 4) is 0 Å². The molecule has 2 atom stereocenters. The van der Waals surface area contributed by atoms with Crippen LogP contribution in [0.4, 0.5) is 0 Å². The van der Waals surface area contributed by atoms with Gasteiger partial charge in [-0.2, -0.15) is 0 Å². The van der Waals surface area contributed by atoms with Crippen molar-refractivity contribution in [2.75, 3.05) is 6.54 Å². The van der Waals surface area contributed by atoms with E-state index in [0.717, 1.165) is 10.4 Å². The average Bonchev–Trinajstić information content (AvgIpc) is 3.04. The van der Waals surface area contributed by atoms with Gasteiger partial charge in [-0.1, -0.05) is 28.1 Å². The Bertz CT molecular complexity index is 332. The van der Waals surface area contributed by atoms with Gasteiger partial charge in [-0.3, -0.25) is 0 Å². The van der Waals surface area contributed by atoms with E-state index in [1.165, 1.54) is 18.4 Å². The Hall–Kier alpha value is -0.380. The Morgan fingerprint density at radius 2 is 2.00 bits per heavy atom. The van der Waals surface area contributed by atoms with Crippen molar-refractivity contribution in [1.29, 1.82) is 0 Å². The van der Waals surface area contributed by atoms with E-state index in [0.29, 0.717) is 12.6 Å². The van der Waals surface area contributed by atoms with E-state index in [2.05, 4.69) is 45.5 Å². The van der Waals surface area contributed by atoms with Gasteiger partial charge < -0.3 is 10.4 Å². The molecule has 1 unspecified atom stereocenters. The van der Waals surface area contributed by atoms with Crippen molar-refractivity contribution in [3.05, 3.63) is 34.3 Å². The number of hydrogen-bond donors (Lipinski definition) is 2. The third-order valence-electron chi connectivity index (χ3n) is 2.96. The van der Waals surface area contributed by atoms with Crippen molar-refractivity contribution in [1.82, 2.24) is 5.32 Å². The molecule has 2 rings (SSSR count). The molecule has 1 saturated carbocycles. The highest BCUT2D eigenvalue weighted by molar-refractivity contribution is 9.10. The summed E-state index contributed by atoms with van der Waals surface area (Å²) in [7, 11) is 0. The van der Waals surface area contributed by atoms with Gasteiger partial charge in [0.15, 0.2) is 0 Å². The molecule has 1 aliphatic rings. The molecule has 1 fully saturated rings. The van der Waals surface area contributed by atoms with Crippen molar-refractivity contribution < 1.29 is 5.11 Å². The topological polar surface area (TPSA) is 32.3 Å². The van der Waals surface area contributed by atoms with Crippen molar-refractivity contribution in [3.63, 3.8) is 0 Å². The maximum Gasteiger partial charge on any atom is 0.0636 e. The number of aliphatic hydroxyl groups is 1. The molecule has 3 heteroatoms. The monoisotopic (exact) mass is 283 g/mol. The number of rotatable bonds is 5. The third kappa shape index (κ3) is 3.30. The Morgan fingerprint density at radius 1 is 1.38 bits per heavy atom. The molecule has 1 aromatic rings. The van der Waals surface area contributed by atoms with Crippen LogP contribution in [-0.4, -0.2) is 17.8 Å². The van der Waals surface area contributed by atoms with Crippen molar-refractivity contribution >= 4 is 15.9 Å². The molecule has 0 bridgehead atoms. The Balaban J connectivity index is 2.03. The number of aliphatic hydroxyl groups excluding tert-OH is 1. The normalized spacial score (nSPS) is 19.4. The van der Waals surface area contributed by atoms with Crippen molar-refractivity contribution in [2.24, 2.45) is 5.92 Å². The minimum absolute atomic E-state index is 0.281. The van der Waals surface area contributed by atoms with Crippen LogP contribution in [0.1, 0.15) is 31.4 Å². The zero-order chi connectivity index (χ0) is 11.5. The summed E-state index contributed by atoms with van der Waals surface area (Å²) in [5.41, 5.74) is 1.33. The van der Waals surface area contributed by atoms with E-state index in [9.17, 15) is 5.11 Å². The molecule has 1 aromatic carbocycles. The zero-order valence-electron chi connectivity index (χ0n) is 9.49. The highest BCUT2D eigenvalue weighted by Crippen LogP contribution is 2.41. The lowest BCUT2D eigenvalue weighted by atomic mass is 10.0. The van der Waals surface area contributed by atoms with E-state index >= 15 is 0 Å². The minimum atomic E-state index is -0.281. The van der Waals surface area contributed by atoms with E-state index < -0.39 is 0 Å². The second-order valence-corrected chi connectivity index (χ2v) is 5.54. The predicted molar refractivity (Wildman–Crippen MR) is 69.3 cm³/mol. The summed E-state index contributed by atoms with van der Waals surface area (Å²) in [6, 6.07) is 8.87. The van der Waals surface area contributed by atoms with Crippen LogP contribution in [0.25, 0.3) is 0 Å². The lowest BCUT2D eigenvalue weighted by Gasteiger charge is -2.19. The van der Waals surface area contributed by atoms with Gasteiger partial charge in [-0.15, -0.1) is 0 Å². The molecule has 2 nitrogen and oxygen atoms in total. The summed E-state index contributed by atoms with van der Waals surface area (Å²) in [5.74, 6) is 0.750. The zero-order valence-corrected chi connectivity index (χ0v) is 11.1. The molecule has 0 saturated heterocycles. The highest BCUT2D eigenvalue weighted by atomic mass is 79.9. The molecule has 0 amide bonds. The van der Waals surface area contributed by atoms with Crippen LogP contribution in [0.3, 0.4) is 0 Å². The van der Waals surface area contributed by atoms with Crippen LogP contribution in [-0.2, 0) is 0 Å². The Labute approximate surface area is 105 Å². The molecule has 0 heterocycles. The molecule has 0 radical (unpaired) electrons. The quantitative estimate of drug-likeness (QED) is 0.871. The van der Waals surface area contributed by atoms with Crippen LogP contribution in [0, 0.1) is 5.92 Å². The van der Waals surface area contributed by atoms with Crippen LogP contribution in [0.15, 0.2) is 28.7 Å². The van der Waals surface area contributed by atoms with Gasteiger partial charge in [0.1, 0.15) is 0 Å². The summed E-state index contributed by atoms with van der Waals surface area (Å²) in [4.78, 5) is 0. The second-order valence-electron chi connectivity index (χ2n) is 4.62. The first-order valence-electron chi connectivity index (χ1n) is 5.83. The van der Waals surface area contributed by atoms with Crippen LogP contribution < -0.4 is 5.32 Å². The molecule has 0 spiro atoms. The maximum absolute atomic E-state index is 9.32. The van der Waals surface area contributed by atoms with E-state index in [1.807, 2.05) is 6.92 Å². The van der Waals surface area contributed by atoms with Gasteiger partial charge in [0, 0.05) is 17.1 Å². The van der Waals surface area contributed by atoms with Gasteiger partial charge in [-0.05, 0) is 43.4 Å². The molecule has 88 valence electrons.